The Labute approximate surface area is 124 Å². The highest BCUT2D eigenvalue weighted by Gasteiger charge is 2.13. The summed E-state index contributed by atoms with van der Waals surface area (Å²) in [5, 5.41) is 3.29. The molecule has 2 heterocycles. The molecule has 1 aliphatic rings. The van der Waals surface area contributed by atoms with Gasteiger partial charge in [0.25, 0.3) is 0 Å². The molecule has 5 heteroatoms. The molecule has 0 amide bonds. The minimum atomic E-state index is 0.594. The fourth-order valence-corrected chi connectivity index (χ4v) is 2.38. The summed E-state index contributed by atoms with van der Waals surface area (Å²) in [4.78, 5) is 15.4. The first kappa shape index (κ1) is 13.5. The van der Waals surface area contributed by atoms with Crippen LogP contribution < -0.4 is 10.2 Å². The molecule has 21 heavy (non-hydrogen) atoms. The third-order valence-corrected chi connectivity index (χ3v) is 3.46. The summed E-state index contributed by atoms with van der Waals surface area (Å²) in [6, 6.07) is 6.28. The Morgan fingerprint density at radius 3 is 2.48 bits per heavy atom. The molecule has 0 atom stereocenters. The van der Waals surface area contributed by atoms with E-state index < -0.39 is 0 Å². The van der Waals surface area contributed by atoms with Crippen molar-refractivity contribution in [2.75, 3.05) is 23.3 Å². The molecule has 0 radical (unpaired) electrons. The summed E-state index contributed by atoms with van der Waals surface area (Å²) >= 11 is 0. The van der Waals surface area contributed by atoms with Crippen molar-refractivity contribution in [2.45, 2.75) is 20.8 Å². The summed E-state index contributed by atoms with van der Waals surface area (Å²) in [5.41, 5.74) is 3.45. The first-order valence-corrected chi connectivity index (χ1v) is 7.09. The Kier molecular flexibility index (Phi) is 3.56. The van der Waals surface area contributed by atoms with Gasteiger partial charge in [-0.15, -0.1) is 0 Å². The molecule has 0 unspecified atom stereocenters. The highest BCUT2D eigenvalue weighted by molar-refractivity contribution is 5.59. The van der Waals surface area contributed by atoms with E-state index in [1.54, 1.807) is 0 Å². The number of aromatic nitrogens is 3. The minimum Gasteiger partial charge on any atom is -0.333 e. The third-order valence-electron chi connectivity index (χ3n) is 3.46. The lowest BCUT2D eigenvalue weighted by molar-refractivity contribution is 0.880. The molecule has 108 valence electrons. The van der Waals surface area contributed by atoms with Gasteiger partial charge in [-0.1, -0.05) is 29.8 Å². The van der Waals surface area contributed by atoms with Crippen LogP contribution in [0.2, 0.25) is 0 Å². The van der Waals surface area contributed by atoms with Gasteiger partial charge in [0.05, 0.1) is 0 Å². The number of hydrogen-bond acceptors (Lipinski definition) is 5. The topological polar surface area (TPSA) is 53.9 Å². The number of benzene rings is 1. The third kappa shape index (κ3) is 3.02. The van der Waals surface area contributed by atoms with E-state index >= 15 is 0 Å². The summed E-state index contributed by atoms with van der Waals surface area (Å²) in [5.74, 6) is 2.04. The van der Waals surface area contributed by atoms with Gasteiger partial charge in [-0.2, -0.15) is 15.0 Å². The van der Waals surface area contributed by atoms with E-state index in [2.05, 4.69) is 69.4 Å². The average molecular weight is 281 g/mol. The second kappa shape index (κ2) is 5.52. The van der Waals surface area contributed by atoms with Gasteiger partial charge in [0, 0.05) is 18.8 Å². The molecule has 0 spiro atoms. The molecule has 0 aliphatic carbocycles. The zero-order valence-corrected chi connectivity index (χ0v) is 12.6. The van der Waals surface area contributed by atoms with Crippen LogP contribution in [0.25, 0.3) is 0 Å². The maximum Gasteiger partial charge on any atom is 0.232 e. The van der Waals surface area contributed by atoms with E-state index in [9.17, 15) is 0 Å². The average Bonchev–Trinajstić information content (AvgIpc) is 2.95. The van der Waals surface area contributed by atoms with Crippen molar-refractivity contribution >= 4 is 17.6 Å². The monoisotopic (exact) mass is 281 g/mol. The summed E-state index contributed by atoms with van der Waals surface area (Å²) in [6.45, 7) is 7.76. The quantitative estimate of drug-likeness (QED) is 0.877. The van der Waals surface area contributed by atoms with E-state index in [1.807, 2.05) is 6.92 Å². The highest BCUT2D eigenvalue weighted by atomic mass is 15.3. The number of aryl methyl sites for hydroxylation is 3. The molecule has 5 nitrogen and oxygen atoms in total. The second-order valence-electron chi connectivity index (χ2n) is 5.33. The summed E-state index contributed by atoms with van der Waals surface area (Å²) in [6.07, 6.45) is 4.24. The molecule has 3 rings (SSSR count). The van der Waals surface area contributed by atoms with Crippen LogP contribution in [-0.2, 0) is 0 Å². The molecule has 1 aliphatic heterocycles. The minimum absolute atomic E-state index is 0.594. The zero-order chi connectivity index (χ0) is 14.8. The van der Waals surface area contributed by atoms with Gasteiger partial charge in [0.15, 0.2) is 0 Å². The van der Waals surface area contributed by atoms with Crippen molar-refractivity contribution < 1.29 is 0 Å². The number of anilines is 3. The lowest BCUT2D eigenvalue weighted by atomic mass is 10.1. The maximum absolute atomic E-state index is 4.53. The predicted octanol–water partition coefficient (Wildman–Crippen LogP) is 2.92. The molecule has 1 aromatic heterocycles. The van der Waals surface area contributed by atoms with Crippen LogP contribution >= 0.6 is 0 Å². The van der Waals surface area contributed by atoms with E-state index in [1.165, 1.54) is 11.1 Å². The maximum atomic E-state index is 4.53. The molecule has 1 aromatic carbocycles. The van der Waals surface area contributed by atoms with Crippen LogP contribution in [0.1, 0.15) is 17.0 Å². The molecule has 1 N–H and O–H groups in total. The van der Waals surface area contributed by atoms with Crippen LogP contribution in [0.15, 0.2) is 30.4 Å². The van der Waals surface area contributed by atoms with Gasteiger partial charge >= 0.3 is 0 Å². The molecule has 0 saturated carbocycles. The molecular weight excluding hydrogens is 262 g/mol. The normalized spacial score (nSPS) is 13.8. The predicted molar refractivity (Wildman–Crippen MR) is 85.1 cm³/mol. The Hall–Kier alpha value is -2.43. The first-order chi connectivity index (χ1) is 10.1. The van der Waals surface area contributed by atoms with Crippen LogP contribution in [0, 0.1) is 20.8 Å². The van der Waals surface area contributed by atoms with Gasteiger partial charge in [-0.3, -0.25) is 0 Å². The molecular formula is C16H19N5. The molecule has 0 fully saturated rings. The van der Waals surface area contributed by atoms with Gasteiger partial charge in [-0.05, 0) is 32.4 Å². The van der Waals surface area contributed by atoms with E-state index in [4.69, 9.17) is 0 Å². The second-order valence-corrected chi connectivity index (χ2v) is 5.33. The fourth-order valence-electron chi connectivity index (χ4n) is 2.38. The van der Waals surface area contributed by atoms with Crippen LogP contribution in [-0.4, -0.2) is 28.0 Å². The van der Waals surface area contributed by atoms with E-state index in [0.717, 1.165) is 30.5 Å². The van der Waals surface area contributed by atoms with Gasteiger partial charge < -0.3 is 10.2 Å². The van der Waals surface area contributed by atoms with Crippen LogP contribution in [0.5, 0.6) is 0 Å². The Morgan fingerprint density at radius 2 is 1.76 bits per heavy atom. The molecule has 0 saturated heterocycles. The van der Waals surface area contributed by atoms with Crippen LogP contribution in [0.3, 0.4) is 0 Å². The lowest BCUT2D eigenvalue weighted by Gasteiger charge is -2.16. The number of hydrogen-bond donors (Lipinski definition) is 1. The Morgan fingerprint density at radius 1 is 1.00 bits per heavy atom. The lowest BCUT2D eigenvalue weighted by Crippen LogP contribution is -2.22. The first-order valence-electron chi connectivity index (χ1n) is 7.09. The number of nitrogens with zero attached hydrogens (tertiary/aromatic N) is 4. The standard InChI is InChI=1S/C16H19N5/c1-11-6-7-14(12(2)10-11)19-15-17-13(3)18-16(20-15)21-8-4-5-9-21/h4-7,10H,8-9H2,1-3H3,(H,17,18,19,20). The number of rotatable bonds is 3. The van der Waals surface area contributed by atoms with Crippen molar-refractivity contribution in [1.29, 1.82) is 0 Å². The Bertz CT molecular complexity index is 685. The SMILES string of the molecule is Cc1ccc(Nc2nc(C)nc(N3CC=CC3)n2)c(C)c1. The molecule has 2 aromatic rings. The van der Waals surface area contributed by atoms with Gasteiger partial charge in [0.2, 0.25) is 11.9 Å². The van der Waals surface area contributed by atoms with Gasteiger partial charge in [-0.25, -0.2) is 0 Å². The fraction of sp³-hybridized carbons (Fsp3) is 0.312. The van der Waals surface area contributed by atoms with Crippen molar-refractivity contribution in [1.82, 2.24) is 15.0 Å². The zero-order valence-electron chi connectivity index (χ0n) is 12.6. The van der Waals surface area contributed by atoms with Crippen molar-refractivity contribution in [3.63, 3.8) is 0 Å². The summed E-state index contributed by atoms with van der Waals surface area (Å²) < 4.78 is 0. The van der Waals surface area contributed by atoms with Crippen LogP contribution in [0.4, 0.5) is 17.6 Å². The number of nitrogens with one attached hydrogen (secondary N) is 1. The van der Waals surface area contributed by atoms with Crippen molar-refractivity contribution in [3.8, 4) is 0 Å². The van der Waals surface area contributed by atoms with Gasteiger partial charge in [0.1, 0.15) is 5.82 Å². The largest absolute Gasteiger partial charge is 0.333 e. The van der Waals surface area contributed by atoms with E-state index in [0.29, 0.717) is 5.95 Å². The Balaban J connectivity index is 1.88. The smallest absolute Gasteiger partial charge is 0.232 e. The van der Waals surface area contributed by atoms with Crippen molar-refractivity contribution in [3.05, 3.63) is 47.3 Å². The molecule has 0 bridgehead atoms. The highest BCUT2D eigenvalue weighted by Crippen LogP contribution is 2.21. The summed E-state index contributed by atoms with van der Waals surface area (Å²) in [7, 11) is 0. The van der Waals surface area contributed by atoms with E-state index in [-0.39, 0.29) is 0 Å². The van der Waals surface area contributed by atoms with Crippen molar-refractivity contribution in [2.24, 2.45) is 0 Å².